The van der Waals surface area contributed by atoms with E-state index in [4.69, 9.17) is 5.73 Å². The highest BCUT2D eigenvalue weighted by Crippen LogP contribution is 2.26. The molecule has 3 N–H and O–H groups in total. The molecule has 0 radical (unpaired) electrons. The van der Waals surface area contributed by atoms with Crippen LogP contribution in [0.5, 0.6) is 0 Å². The Morgan fingerprint density at radius 2 is 1.91 bits per heavy atom. The molecule has 22 heavy (non-hydrogen) atoms. The molecule has 5 nitrogen and oxygen atoms in total. The van der Waals surface area contributed by atoms with Gasteiger partial charge in [0.1, 0.15) is 10.0 Å². The van der Waals surface area contributed by atoms with E-state index in [1.165, 1.54) is 17.8 Å². The maximum atomic E-state index is 12.3. The van der Waals surface area contributed by atoms with E-state index < -0.39 is 5.54 Å². The van der Waals surface area contributed by atoms with Crippen LogP contribution in [0.15, 0.2) is 30.3 Å². The van der Waals surface area contributed by atoms with Gasteiger partial charge in [0.25, 0.3) is 0 Å². The van der Waals surface area contributed by atoms with Crippen molar-refractivity contribution in [3.05, 3.63) is 35.3 Å². The molecule has 1 heterocycles. The fraction of sp³-hybridized carbons (Fsp3) is 0.438. The molecule has 1 amide bonds. The van der Waals surface area contributed by atoms with Gasteiger partial charge < -0.3 is 11.1 Å². The number of carbonyl (C=O) groups is 1. The Hall–Kier alpha value is -1.79. The number of aromatic nitrogens is 2. The SMILES string of the molecule is NC1(C(=O)NCc2nnc(-c3ccccc3)s2)CCCCC1. The number of hydrogen-bond donors (Lipinski definition) is 2. The topological polar surface area (TPSA) is 80.9 Å². The number of rotatable bonds is 4. The van der Waals surface area contributed by atoms with E-state index in [0.717, 1.165) is 41.3 Å². The van der Waals surface area contributed by atoms with E-state index >= 15 is 0 Å². The summed E-state index contributed by atoms with van der Waals surface area (Å²) in [6.07, 6.45) is 4.76. The molecule has 0 bridgehead atoms. The van der Waals surface area contributed by atoms with Crippen LogP contribution in [-0.2, 0) is 11.3 Å². The minimum absolute atomic E-state index is 0.0661. The van der Waals surface area contributed by atoms with Crippen molar-refractivity contribution in [3.8, 4) is 10.6 Å². The first-order valence-corrected chi connectivity index (χ1v) is 8.44. The minimum Gasteiger partial charge on any atom is -0.348 e. The van der Waals surface area contributed by atoms with E-state index in [0.29, 0.717) is 6.54 Å². The quantitative estimate of drug-likeness (QED) is 0.908. The molecule has 0 aliphatic heterocycles. The number of carbonyl (C=O) groups excluding carboxylic acids is 1. The minimum atomic E-state index is -0.703. The van der Waals surface area contributed by atoms with Gasteiger partial charge in [-0.3, -0.25) is 4.79 Å². The van der Waals surface area contributed by atoms with Crippen LogP contribution in [0.4, 0.5) is 0 Å². The average Bonchev–Trinajstić information content (AvgIpc) is 3.03. The summed E-state index contributed by atoms with van der Waals surface area (Å²) in [4.78, 5) is 12.3. The van der Waals surface area contributed by atoms with Crippen LogP contribution in [-0.4, -0.2) is 21.6 Å². The summed E-state index contributed by atoms with van der Waals surface area (Å²) in [7, 11) is 0. The van der Waals surface area contributed by atoms with Crippen molar-refractivity contribution in [2.24, 2.45) is 5.73 Å². The number of hydrogen-bond acceptors (Lipinski definition) is 5. The van der Waals surface area contributed by atoms with Crippen LogP contribution in [0.25, 0.3) is 10.6 Å². The molecule has 0 atom stereocenters. The monoisotopic (exact) mass is 316 g/mol. The third kappa shape index (κ3) is 3.34. The number of benzene rings is 1. The van der Waals surface area contributed by atoms with E-state index in [2.05, 4.69) is 15.5 Å². The van der Waals surface area contributed by atoms with Crippen LogP contribution < -0.4 is 11.1 Å². The molecule has 1 aromatic heterocycles. The maximum absolute atomic E-state index is 12.3. The lowest BCUT2D eigenvalue weighted by molar-refractivity contribution is -0.127. The van der Waals surface area contributed by atoms with Crippen LogP contribution in [0, 0.1) is 0 Å². The summed E-state index contributed by atoms with van der Waals surface area (Å²) < 4.78 is 0. The van der Waals surface area contributed by atoms with Gasteiger partial charge >= 0.3 is 0 Å². The molecule has 1 aliphatic rings. The lowest BCUT2D eigenvalue weighted by Gasteiger charge is -2.31. The van der Waals surface area contributed by atoms with Crippen LogP contribution >= 0.6 is 11.3 Å². The molecular weight excluding hydrogens is 296 g/mol. The third-order valence-electron chi connectivity index (χ3n) is 4.09. The van der Waals surface area contributed by atoms with Gasteiger partial charge in [-0.25, -0.2) is 0 Å². The van der Waals surface area contributed by atoms with Crippen molar-refractivity contribution in [1.29, 1.82) is 0 Å². The summed E-state index contributed by atoms with van der Waals surface area (Å²) in [6, 6.07) is 9.91. The first-order chi connectivity index (χ1) is 10.7. The fourth-order valence-electron chi connectivity index (χ4n) is 2.76. The van der Waals surface area contributed by atoms with E-state index in [1.807, 2.05) is 30.3 Å². The molecule has 3 rings (SSSR count). The zero-order valence-corrected chi connectivity index (χ0v) is 13.2. The van der Waals surface area contributed by atoms with Gasteiger partial charge in [0.15, 0.2) is 0 Å². The Morgan fingerprint density at radius 3 is 2.64 bits per heavy atom. The molecule has 1 fully saturated rings. The maximum Gasteiger partial charge on any atom is 0.240 e. The van der Waals surface area contributed by atoms with Gasteiger partial charge in [-0.1, -0.05) is 60.9 Å². The molecule has 116 valence electrons. The highest BCUT2D eigenvalue weighted by atomic mass is 32.1. The van der Waals surface area contributed by atoms with E-state index in [9.17, 15) is 4.79 Å². The number of nitrogens with one attached hydrogen (secondary N) is 1. The van der Waals surface area contributed by atoms with Gasteiger partial charge in [0.2, 0.25) is 5.91 Å². The Kier molecular flexibility index (Phi) is 4.49. The molecule has 0 saturated heterocycles. The van der Waals surface area contributed by atoms with Crippen molar-refractivity contribution in [2.45, 2.75) is 44.2 Å². The molecule has 1 aliphatic carbocycles. The number of amides is 1. The zero-order valence-electron chi connectivity index (χ0n) is 12.4. The zero-order chi connectivity index (χ0) is 15.4. The molecule has 1 aromatic carbocycles. The standard InChI is InChI=1S/C16H20N4OS/c17-16(9-5-2-6-10-16)15(21)18-11-13-19-20-14(22-13)12-7-3-1-4-8-12/h1,3-4,7-8H,2,5-6,9-11,17H2,(H,18,21). The van der Waals surface area contributed by atoms with Gasteiger partial charge in [-0.05, 0) is 12.8 Å². The second kappa shape index (κ2) is 6.54. The first-order valence-electron chi connectivity index (χ1n) is 7.62. The van der Waals surface area contributed by atoms with Crippen molar-refractivity contribution < 1.29 is 4.79 Å². The first kappa shape index (κ1) is 15.1. The third-order valence-corrected chi connectivity index (χ3v) is 5.06. The number of nitrogens with two attached hydrogens (primary N) is 1. The van der Waals surface area contributed by atoms with Gasteiger partial charge in [0, 0.05) is 5.56 Å². The Bertz CT molecular complexity index is 635. The Morgan fingerprint density at radius 1 is 1.18 bits per heavy atom. The lowest BCUT2D eigenvalue weighted by Crippen LogP contribution is -2.54. The summed E-state index contributed by atoms with van der Waals surface area (Å²) in [5.74, 6) is -0.0661. The van der Waals surface area contributed by atoms with Gasteiger partial charge in [-0.2, -0.15) is 0 Å². The highest BCUT2D eigenvalue weighted by molar-refractivity contribution is 7.14. The molecule has 0 spiro atoms. The average molecular weight is 316 g/mol. The summed E-state index contributed by atoms with van der Waals surface area (Å²) >= 11 is 1.50. The van der Waals surface area contributed by atoms with Crippen LogP contribution in [0.1, 0.15) is 37.1 Å². The summed E-state index contributed by atoms with van der Waals surface area (Å²) in [5, 5.41) is 12.9. The highest BCUT2D eigenvalue weighted by Gasteiger charge is 2.35. The van der Waals surface area contributed by atoms with Crippen molar-refractivity contribution in [2.75, 3.05) is 0 Å². The Balaban J connectivity index is 1.60. The molecular formula is C16H20N4OS. The molecule has 0 unspecified atom stereocenters. The van der Waals surface area contributed by atoms with Gasteiger partial charge in [-0.15, -0.1) is 10.2 Å². The lowest BCUT2D eigenvalue weighted by atomic mass is 9.82. The molecule has 6 heteroatoms. The van der Waals surface area contributed by atoms with Gasteiger partial charge in [0.05, 0.1) is 12.1 Å². The van der Waals surface area contributed by atoms with Crippen molar-refractivity contribution in [3.63, 3.8) is 0 Å². The molecule has 1 saturated carbocycles. The smallest absolute Gasteiger partial charge is 0.240 e. The normalized spacial score (nSPS) is 17.1. The summed E-state index contributed by atoms with van der Waals surface area (Å²) in [6.45, 7) is 0.391. The summed E-state index contributed by atoms with van der Waals surface area (Å²) in [5.41, 5.74) is 6.56. The predicted octanol–water partition coefficient (Wildman–Crippen LogP) is 2.48. The fourth-order valence-corrected chi connectivity index (χ4v) is 3.55. The van der Waals surface area contributed by atoms with E-state index in [1.54, 1.807) is 0 Å². The van der Waals surface area contributed by atoms with Crippen molar-refractivity contribution >= 4 is 17.2 Å². The second-order valence-electron chi connectivity index (χ2n) is 5.77. The van der Waals surface area contributed by atoms with Crippen LogP contribution in [0.2, 0.25) is 0 Å². The largest absolute Gasteiger partial charge is 0.348 e. The molecule has 2 aromatic rings. The van der Waals surface area contributed by atoms with E-state index in [-0.39, 0.29) is 5.91 Å². The number of nitrogens with zero attached hydrogens (tertiary/aromatic N) is 2. The van der Waals surface area contributed by atoms with Crippen molar-refractivity contribution in [1.82, 2.24) is 15.5 Å². The Labute approximate surface area is 134 Å². The predicted molar refractivity (Wildman–Crippen MR) is 87.2 cm³/mol. The second-order valence-corrected chi connectivity index (χ2v) is 6.83. The van der Waals surface area contributed by atoms with Crippen LogP contribution in [0.3, 0.4) is 0 Å².